The second-order valence-electron chi connectivity index (χ2n) is 9.04. The van der Waals surface area contributed by atoms with Crippen molar-refractivity contribution in [3.8, 4) is 5.75 Å². The molecule has 0 aliphatic heterocycles. The molecule has 5 nitrogen and oxygen atoms in total. The van der Waals surface area contributed by atoms with Gasteiger partial charge in [0.15, 0.2) is 6.61 Å². The first-order chi connectivity index (χ1) is 15.3. The van der Waals surface area contributed by atoms with Crippen LogP contribution in [0.15, 0.2) is 30.3 Å². The number of halogens is 3. The number of amides is 2. The summed E-state index contributed by atoms with van der Waals surface area (Å²) in [5.41, 5.74) is 1.84. The number of benzene rings is 2. The Balaban J connectivity index is 2.34. The molecule has 0 saturated heterocycles. The lowest BCUT2D eigenvalue weighted by Crippen LogP contribution is -2.54. The third kappa shape index (κ3) is 7.53. The Morgan fingerprint density at radius 3 is 2.09 bits per heavy atom. The largest absolute Gasteiger partial charge is 0.484 e. The Labute approximate surface area is 211 Å². The lowest BCUT2D eigenvalue weighted by Gasteiger charge is -2.33. The SMILES string of the molecule is CC[C@H](C(=O)NC(C)(C)C)N(Cc1c(Cl)cccc1Cl)C(=O)COc1cc(C)c(Cl)c(C)c1. The molecular weight excluding hydrogens is 483 g/mol. The van der Waals surface area contributed by atoms with Gasteiger partial charge in [-0.25, -0.2) is 0 Å². The number of hydrogen-bond acceptors (Lipinski definition) is 3. The van der Waals surface area contributed by atoms with Crippen molar-refractivity contribution in [2.45, 2.75) is 66.1 Å². The molecule has 2 aromatic rings. The minimum Gasteiger partial charge on any atom is -0.484 e. The summed E-state index contributed by atoms with van der Waals surface area (Å²) in [5.74, 6) is -0.0717. The van der Waals surface area contributed by atoms with Crippen LogP contribution >= 0.6 is 34.8 Å². The highest BCUT2D eigenvalue weighted by molar-refractivity contribution is 6.36. The fourth-order valence-electron chi connectivity index (χ4n) is 3.44. The summed E-state index contributed by atoms with van der Waals surface area (Å²) in [6.45, 7) is 11.1. The van der Waals surface area contributed by atoms with Crippen molar-refractivity contribution in [3.63, 3.8) is 0 Å². The quantitative estimate of drug-likeness (QED) is 0.446. The van der Waals surface area contributed by atoms with Crippen LogP contribution in [0, 0.1) is 13.8 Å². The van der Waals surface area contributed by atoms with Gasteiger partial charge in [0.2, 0.25) is 5.91 Å². The van der Waals surface area contributed by atoms with Gasteiger partial charge in [-0.2, -0.15) is 0 Å². The number of nitrogens with one attached hydrogen (secondary N) is 1. The van der Waals surface area contributed by atoms with E-state index in [0.717, 1.165) is 11.1 Å². The maximum Gasteiger partial charge on any atom is 0.261 e. The lowest BCUT2D eigenvalue weighted by atomic mass is 10.1. The van der Waals surface area contributed by atoms with Crippen LogP contribution in [0.1, 0.15) is 50.8 Å². The van der Waals surface area contributed by atoms with Crippen molar-refractivity contribution >= 4 is 46.6 Å². The summed E-state index contributed by atoms with van der Waals surface area (Å²) in [5, 5.41) is 4.48. The Morgan fingerprint density at radius 2 is 1.61 bits per heavy atom. The van der Waals surface area contributed by atoms with Gasteiger partial charge in [0.05, 0.1) is 0 Å². The van der Waals surface area contributed by atoms with Crippen molar-refractivity contribution in [2.75, 3.05) is 6.61 Å². The van der Waals surface area contributed by atoms with E-state index in [4.69, 9.17) is 39.5 Å². The normalized spacial score (nSPS) is 12.3. The first-order valence-electron chi connectivity index (χ1n) is 10.8. The van der Waals surface area contributed by atoms with Crippen LogP contribution in [0.3, 0.4) is 0 Å². The van der Waals surface area contributed by atoms with Gasteiger partial charge >= 0.3 is 0 Å². The van der Waals surface area contributed by atoms with E-state index < -0.39 is 11.6 Å². The zero-order chi connectivity index (χ0) is 24.9. The summed E-state index contributed by atoms with van der Waals surface area (Å²) in [4.78, 5) is 27.9. The standard InChI is InChI=1S/C25H31Cl3N2O3/c1-7-21(24(32)29-25(4,5)6)30(13-18-19(26)9-8-10-20(18)27)22(31)14-33-17-11-15(2)23(28)16(3)12-17/h8-12,21H,7,13-14H2,1-6H3,(H,29,32)/t21-/m1/s1. The number of aryl methyl sites for hydroxylation is 2. The van der Waals surface area contributed by atoms with E-state index in [1.165, 1.54) is 4.90 Å². The predicted octanol–water partition coefficient (Wildman–Crippen LogP) is 6.36. The molecule has 0 aromatic heterocycles. The molecule has 0 aliphatic carbocycles. The molecule has 0 saturated carbocycles. The fraction of sp³-hybridized carbons (Fsp3) is 0.440. The van der Waals surface area contributed by atoms with E-state index in [1.54, 1.807) is 30.3 Å². The van der Waals surface area contributed by atoms with Gasteiger partial charge in [-0.3, -0.25) is 9.59 Å². The molecule has 0 spiro atoms. The maximum absolute atomic E-state index is 13.4. The molecule has 0 heterocycles. The molecule has 0 radical (unpaired) electrons. The molecular formula is C25H31Cl3N2O3. The molecule has 0 unspecified atom stereocenters. The van der Waals surface area contributed by atoms with Crippen molar-refractivity contribution < 1.29 is 14.3 Å². The van der Waals surface area contributed by atoms with Gasteiger partial charge in [0.1, 0.15) is 11.8 Å². The van der Waals surface area contributed by atoms with Crippen molar-refractivity contribution in [3.05, 3.63) is 62.1 Å². The molecule has 33 heavy (non-hydrogen) atoms. The summed E-state index contributed by atoms with van der Waals surface area (Å²) < 4.78 is 5.79. The van der Waals surface area contributed by atoms with E-state index in [2.05, 4.69) is 5.32 Å². The van der Waals surface area contributed by atoms with Crippen LogP contribution in [0.25, 0.3) is 0 Å². The van der Waals surface area contributed by atoms with Crippen molar-refractivity contribution in [2.24, 2.45) is 0 Å². The third-order valence-corrected chi connectivity index (χ3v) is 6.35. The molecule has 8 heteroatoms. The highest BCUT2D eigenvalue weighted by Crippen LogP contribution is 2.28. The first-order valence-corrected chi connectivity index (χ1v) is 11.9. The zero-order valence-electron chi connectivity index (χ0n) is 19.9. The molecule has 2 amide bonds. The average Bonchev–Trinajstić information content (AvgIpc) is 2.70. The second-order valence-corrected chi connectivity index (χ2v) is 10.2. The van der Waals surface area contributed by atoms with E-state index in [1.807, 2.05) is 41.5 Å². The van der Waals surface area contributed by atoms with E-state index in [-0.39, 0.29) is 25.0 Å². The predicted molar refractivity (Wildman–Crippen MR) is 135 cm³/mol. The second kappa shape index (κ2) is 11.5. The van der Waals surface area contributed by atoms with Crippen LogP contribution in [0.2, 0.25) is 15.1 Å². The van der Waals surface area contributed by atoms with E-state index in [9.17, 15) is 9.59 Å². The molecule has 1 N–H and O–H groups in total. The Kier molecular flexibility index (Phi) is 9.48. The fourth-order valence-corrected chi connectivity index (χ4v) is 4.07. The number of rotatable bonds is 8. The number of carbonyl (C=O) groups is 2. The van der Waals surface area contributed by atoms with E-state index in [0.29, 0.717) is 32.8 Å². The van der Waals surface area contributed by atoms with Gasteiger partial charge in [-0.1, -0.05) is 47.8 Å². The molecule has 1 atom stereocenters. The van der Waals surface area contributed by atoms with Crippen LogP contribution in [0.5, 0.6) is 5.75 Å². The average molecular weight is 514 g/mol. The summed E-state index contributed by atoms with van der Waals surface area (Å²) in [6, 6.07) is 7.98. The summed E-state index contributed by atoms with van der Waals surface area (Å²) in [7, 11) is 0. The van der Waals surface area contributed by atoms with Crippen LogP contribution in [0.4, 0.5) is 0 Å². The van der Waals surface area contributed by atoms with Crippen LogP contribution < -0.4 is 10.1 Å². The highest BCUT2D eigenvalue weighted by Gasteiger charge is 2.31. The molecule has 180 valence electrons. The van der Waals surface area contributed by atoms with Gasteiger partial charge in [0.25, 0.3) is 5.91 Å². The molecule has 2 rings (SSSR count). The van der Waals surface area contributed by atoms with Crippen molar-refractivity contribution in [1.29, 1.82) is 0 Å². The number of ether oxygens (including phenoxy) is 1. The Bertz CT molecular complexity index is 975. The highest BCUT2D eigenvalue weighted by atomic mass is 35.5. The number of hydrogen-bond donors (Lipinski definition) is 1. The summed E-state index contributed by atoms with van der Waals surface area (Å²) >= 11 is 19.0. The van der Waals surface area contributed by atoms with Gasteiger partial charge < -0.3 is 15.0 Å². The van der Waals surface area contributed by atoms with E-state index >= 15 is 0 Å². The van der Waals surface area contributed by atoms with Crippen molar-refractivity contribution in [1.82, 2.24) is 10.2 Å². The van der Waals surface area contributed by atoms with Gasteiger partial charge in [-0.05, 0) is 76.4 Å². The molecule has 0 bridgehead atoms. The minimum absolute atomic E-state index is 0.0788. The molecule has 0 aliphatic rings. The smallest absolute Gasteiger partial charge is 0.261 e. The van der Waals surface area contributed by atoms with Crippen LogP contribution in [-0.2, 0) is 16.1 Å². The molecule has 0 fully saturated rings. The lowest BCUT2D eigenvalue weighted by molar-refractivity contribution is -0.143. The minimum atomic E-state index is -0.721. The number of nitrogens with zero attached hydrogens (tertiary/aromatic N) is 1. The Morgan fingerprint density at radius 1 is 1.06 bits per heavy atom. The number of carbonyl (C=O) groups excluding carboxylic acids is 2. The maximum atomic E-state index is 13.4. The molecule has 2 aromatic carbocycles. The van der Waals surface area contributed by atoms with Gasteiger partial charge in [0, 0.05) is 32.7 Å². The van der Waals surface area contributed by atoms with Crippen LogP contribution in [-0.4, -0.2) is 34.9 Å². The Hall–Kier alpha value is -1.95. The summed E-state index contributed by atoms with van der Waals surface area (Å²) in [6.07, 6.45) is 0.412. The first kappa shape index (κ1) is 27.3. The van der Waals surface area contributed by atoms with Gasteiger partial charge in [-0.15, -0.1) is 0 Å². The zero-order valence-corrected chi connectivity index (χ0v) is 22.2. The topological polar surface area (TPSA) is 58.6 Å². The monoisotopic (exact) mass is 512 g/mol. The third-order valence-electron chi connectivity index (χ3n) is 5.05.